The van der Waals surface area contributed by atoms with E-state index in [9.17, 15) is 10.1 Å². The largest absolute Gasteiger partial charge is 0.463 e. The number of esters is 1. The molecule has 2 aromatic rings. The quantitative estimate of drug-likeness (QED) is 0.692. The van der Waals surface area contributed by atoms with Crippen molar-refractivity contribution in [3.8, 4) is 6.07 Å². The number of benzene rings is 1. The SMILES string of the molecule is CCOC(=O)C1=C(C)OC(n2cccc2)=C(C#N)C1c1ccc(C(C)C)cc1. The Morgan fingerprint density at radius 2 is 1.89 bits per heavy atom. The molecule has 1 aliphatic rings. The van der Waals surface area contributed by atoms with E-state index in [4.69, 9.17) is 9.47 Å². The lowest BCUT2D eigenvalue weighted by Crippen LogP contribution is -2.24. The van der Waals surface area contributed by atoms with Crippen molar-refractivity contribution in [2.45, 2.75) is 39.5 Å². The summed E-state index contributed by atoms with van der Waals surface area (Å²) in [5.41, 5.74) is 2.80. The summed E-state index contributed by atoms with van der Waals surface area (Å²) in [6.07, 6.45) is 3.63. The van der Waals surface area contributed by atoms with Crippen molar-refractivity contribution >= 4 is 11.9 Å². The Labute approximate surface area is 165 Å². The van der Waals surface area contributed by atoms with Gasteiger partial charge in [0.2, 0.25) is 5.88 Å². The highest BCUT2D eigenvalue weighted by molar-refractivity contribution is 5.93. The van der Waals surface area contributed by atoms with Crippen molar-refractivity contribution in [3.05, 3.63) is 76.8 Å². The van der Waals surface area contributed by atoms with Crippen LogP contribution in [0.3, 0.4) is 0 Å². The second kappa shape index (κ2) is 8.18. The van der Waals surface area contributed by atoms with E-state index in [-0.39, 0.29) is 6.61 Å². The predicted octanol–water partition coefficient (Wildman–Crippen LogP) is 4.95. The third kappa shape index (κ3) is 3.59. The van der Waals surface area contributed by atoms with Crippen molar-refractivity contribution in [2.24, 2.45) is 0 Å². The molecule has 1 atom stereocenters. The van der Waals surface area contributed by atoms with Gasteiger partial charge in [0.25, 0.3) is 0 Å². The van der Waals surface area contributed by atoms with Crippen LogP contribution in [-0.2, 0) is 14.3 Å². The summed E-state index contributed by atoms with van der Waals surface area (Å²) in [7, 11) is 0. The first-order chi connectivity index (χ1) is 13.5. The topological polar surface area (TPSA) is 64.2 Å². The normalized spacial score (nSPS) is 16.8. The lowest BCUT2D eigenvalue weighted by molar-refractivity contribution is -0.139. The fourth-order valence-corrected chi connectivity index (χ4v) is 3.38. The average Bonchev–Trinajstić information content (AvgIpc) is 3.22. The Balaban J connectivity index is 2.18. The molecule has 0 saturated carbocycles. The summed E-state index contributed by atoms with van der Waals surface area (Å²) in [5, 5.41) is 9.97. The first kappa shape index (κ1) is 19.5. The van der Waals surface area contributed by atoms with Crippen molar-refractivity contribution in [3.63, 3.8) is 0 Å². The summed E-state index contributed by atoms with van der Waals surface area (Å²) in [6, 6.07) is 14.0. The van der Waals surface area contributed by atoms with Gasteiger partial charge in [-0.1, -0.05) is 38.1 Å². The summed E-state index contributed by atoms with van der Waals surface area (Å²) in [4.78, 5) is 12.7. The van der Waals surface area contributed by atoms with Gasteiger partial charge in [-0.05, 0) is 43.0 Å². The Bertz CT molecular complexity index is 958. The number of nitriles is 1. The van der Waals surface area contributed by atoms with Gasteiger partial charge in [0.1, 0.15) is 17.4 Å². The molecule has 0 spiro atoms. The molecular formula is C23H24N2O3. The molecule has 0 aliphatic carbocycles. The average molecular weight is 376 g/mol. The van der Waals surface area contributed by atoms with Crippen LogP contribution in [0.5, 0.6) is 0 Å². The van der Waals surface area contributed by atoms with Gasteiger partial charge in [0, 0.05) is 12.4 Å². The number of carbonyl (C=O) groups excluding carboxylic acids is 1. The number of carbonyl (C=O) groups is 1. The van der Waals surface area contributed by atoms with Crippen molar-refractivity contribution in [1.82, 2.24) is 4.57 Å². The summed E-state index contributed by atoms with van der Waals surface area (Å²) in [5.74, 6) is 0.246. The number of aromatic nitrogens is 1. The highest BCUT2D eigenvalue weighted by Crippen LogP contribution is 2.42. The van der Waals surface area contributed by atoms with Gasteiger partial charge in [0.05, 0.1) is 18.1 Å². The number of hydrogen-bond acceptors (Lipinski definition) is 4. The third-order valence-electron chi connectivity index (χ3n) is 4.83. The summed E-state index contributed by atoms with van der Waals surface area (Å²) < 4.78 is 12.9. The number of ether oxygens (including phenoxy) is 2. The lowest BCUT2D eigenvalue weighted by Gasteiger charge is -2.28. The predicted molar refractivity (Wildman–Crippen MR) is 107 cm³/mol. The molecule has 5 heteroatoms. The Hall–Kier alpha value is -3.26. The van der Waals surface area contributed by atoms with Crippen molar-refractivity contribution < 1.29 is 14.3 Å². The van der Waals surface area contributed by atoms with E-state index in [1.54, 1.807) is 18.4 Å². The van der Waals surface area contributed by atoms with Gasteiger partial charge in [-0.25, -0.2) is 4.79 Å². The minimum atomic E-state index is -0.545. The van der Waals surface area contributed by atoms with E-state index in [0.29, 0.717) is 28.7 Å². The molecule has 0 fully saturated rings. The van der Waals surface area contributed by atoms with Gasteiger partial charge < -0.3 is 9.47 Å². The number of nitrogens with zero attached hydrogens (tertiary/aromatic N) is 2. The maximum atomic E-state index is 12.7. The van der Waals surface area contributed by atoms with Crippen LogP contribution in [0.1, 0.15) is 50.7 Å². The van der Waals surface area contributed by atoms with Crippen LogP contribution < -0.4 is 0 Å². The molecule has 1 unspecified atom stereocenters. The second-order valence-electron chi connectivity index (χ2n) is 6.97. The first-order valence-electron chi connectivity index (χ1n) is 9.41. The minimum absolute atomic E-state index is 0.255. The molecule has 1 aliphatic heterocycles. The molecule has 144 valence electrons. The van der Waals surface area contributed by atoms with Crippen LogP contribution in [-0.4, -0.2) is 17.1 Å². The molecule has 0 radical (unpaired) electrons. The van der Waals surface area contributed by atoms with Gasteiger partial charge in [-0.3, -0.25) is 4.57 Å². The summed E-state index contributed by atoms with van der Waals surface area (Å²) >= 11 is 0. The van der Waals surface area contributed by atoms with E-state index in [0.717, 1.165) is 5.56 Å². The Kier molecular flexibility index (Phi) is 5.70. The molecule has 1 aromatic heterocycles. The fraction of sp³-hybridized carbons (Fsp3) is 0.304. The second-order valence-corrected chi connectivity index (χ2v) is 6.97. The zero-order valence-electron chi connectivity index (χ0n) is 16.6. The smallest absolute Gasteiger partial charge is 0.338 e. The maximum Gasteiger partial charge on any atom is 0.338 e. The van der Waals surface area contributed by atoms with Crippen LogP contribution in [0, 0.1) is 11.3 Å². The molecule has 1 aromatic carbocycles. The third-order valence-corrected chi connectivity index (χ3v) is 4.83. The number of hydrogen-bond donors (Lipinski definition) is 0. The molecule has 5 nitrogen and oxygen atoms in total. The molecule has 28 heavy (non-hydrogen) atoms. The lowest BCUT2D eigenvalue weighted by atomic mass is 9.82. The zero-order valence-corrected chi connectivity index (χ0v) is 16.6. The Morgan fingerprint density at radius 1 is 1.25 bits per heavy atom. The summed E-state index contributed by atoms with van der Waals surface area (Å²) in [6.45, 7) is 8.00. The molecule has 0 amide bonds. The Morgan fingerprint density at radius 3 is 2.43 bits per heavy atom. The molecule has 2 heterocycles. The van der Waals surface area contributed by atoms with E-state index in [2.05, 4.69) is 19.9 Å². The fourth-order valence-electron chi connectivity index (χ4n) is 3.38. The van der Waals surface area contributed by atoms with E-state index in [1.807, 2.05) is 48.8 Å². The van der Waals surface area contributed by atoms with Crippen LogP contribution in [0.4, 0.5) is 0 Å². The van der Waals surface area contributed by atoms with Crippen LogP contribution >= 0.6 is 0 Å². The molecule has 0 bridgehead atoms. The van der Waals surface area contributed by atoms with Crippen LogP contribution in [0.2, 0.25) is 0 Å². The molecular weight excluding hydrogens is 352 g/mol. The minimum Gasteiger partial charge on any atom is -0.463 e. The van der Waals surface area contributed by atoms with Gasteiger partial charge in [0.15, 0.2) is 0 Å². The van der Waals surface area contributed by atoms with E-state index >= 15 is 0 Å². The van der Waals surface area contributed by atoms with E-state index < -0.39 is 11.9 Å². The standard InChI is InChI=1S/C23H24N2O3/c1-5-27-23(26)20-16(4)28-22(25-12-6-7-13-25)19(14-24)21(20)18-10-8-17(9-11-18)15(2)3/h6-13,15,21H,5H2,1-4H3. The van der Waals surface area contributed by atoms with Crippen LogP contribution in [0.15, 0.2) is 65.7 Å². The van der Waals surface area contributed by atoms with Crippen molar-refractivity contribution in [1.29, 1.82) is 5.26 Å². The first-order valence-corrected chi connectivity index (χ1v) is 9.41. The monoisotopic (exact) mass is 376 g/mol. The zero-order chi connectivity index (χ0) is 20.3. The van der Waals surface area contributed by atoms with E-state index in [1.165, 1.54) is 5.56 Å². The maximum absolute atomic E-state index is 12.7. The molecule has 0 saturated heterocycles. The van der Waals surface area contributed by atoms with Crippen molar-refractivity contribution in [2.75, 3.05) is 6.61 Å². The van der Waals surface area contributed by atoms with Crippen LogP contribution in [0.25, 0.3) is 5.88 Å². The number of allylic oxidation sites excluding steroid dienone is 2. The molecule has 0 N–H and O–H groups in total. The van der Waals surface area contributed by atoms with Gasteiger partial charge >= 0.3 is 5.97 Å². The number of rotatable bonds is 5. The highest BCUT2D eigenvalue weighted by Gasteiger charge is 2.37. The van der Waals surface area contributed by atoms with Gasteiger partial charge in [-0.2, -0.15) is 5.26 Å². The highest BCUT2D eigenvalue weighted by atomic mass is 16.5. The molecule has 3 rings (SSSR count). The van der Waals surface area contributed by atoms with Gasteiger partial charge in [-0.15, -0.1) is 0 Å².